The third-order valence-electron chi connectivity index (χ3n) is 3.43. The topological polar surface area (TPSA) is 139 Å². The van der Waals surface area contributed by atoms with Gasteiger partial charge in [-0.05, 0) is 23.8 Å². The summed E-state index contributed by atoms with van der Waals surface area (Å²) < 4.78 is 0.0816. The summed E-state index contributed by atoms with van der Waals surface area (Å²) in [6.07, 6.45) is 2.44. The number of nitrogens with zero attached hydrogens (tertiary/aromatic N) is 2. The second-order valence-corrected chi connectivity index (χ2v) is 6.86. The highest BCUT2D eigenvalue weighted by Crippen LogP contribution is 2.33. The summed E-state index contributed by atoms with van der Waals surface area (Å²) in [5.41, 5.74) is 0.00305. The highest BCUT2D eigenvalue weighted by molar-refractivity contribution is 8.26. The number of rotatable bonds is 3. The summed E-state index contributed by atoms with van der Waals surface area (Å²) in [7, 11) is 0. The molecule has 0 spiro atoms. The van der Waals surface area contributed by atoms with Crippen LogP contribution in [0.25, 0.3) is 6.08 Å². The number of amides is 5. The smallest absolute Gasteiger partial charge is 0.273 e. The summed E-state index contributed by atoms with van der Waals surface area (Å²) in [5.74, 6) is -2.47. The predicted octanol–water partition coefficient (Wildman–Crippen LogP) is 1.05. The number of hydrogen-bond donors (Lipinski definition) is 2. The van der Waals surface area contributed by atoms with Crippen molar-refractivity contribution in [2.75, 3.05) is 0 Å². The highest BCUT2D eigenvalue weighted by Gasteiger charge is 2.35. The molecule has 0 saturated carbocycles. The van der Waals surface area contributed by atoms with Crippen LogP contribution < -0.4 is 10.6 Å². The van der Waals surface area contributed by atoms with Gasteiger partial charge in [-0.25, -0.2) is 4.79 Å². The van der Waals surface area contributed by atoms with Crippen LogP contribution in [0.2, 0.25) is 0 Å². The van der Waals surface area contributed by atoms with E-state index in [-0.39, 0.29) is 14.9 Å². The van der Waals surface area contributed by atoms with E-state index in [9.17, 15) is 29.3 Å². The van der Waals surface area contributed by atoms with Crippen LogP contribution in [0.3, 0.4) is 0 Å². The lowest BCUT2D eigenvalue weighted by atomic mass is 10.2. The molecule has 2 aliphatic heterocycles. The van der Waals surface area contributed by atoms with Crippen LogP contribution in [0.4, 0.5) is 10.5 Å². The highest BCUT2D eigenvalue weighted by atomic mass is 32.2. The molecule has 10 nitrogen and oxygen atoms in total. The Bertz CT molecular complexity index is 961. The van der Waals surface area contributed by atoms with Gasteiger partial charge in [0, 0.05) is 18.3 Å². The number of urea groups is 1. The minimum absolute atomic E-state index is 0.0816. The molecule has 2 heterocycles. The van der Waals surface area contributed by atoms with Gasteiger partial charge < -0.3 is 0 Å². The van der Waals surface area contributed by atoms with Crippen molar-refractivity contribution in [2.45, 2.75) is 0 Å². The molecule has 0 aliphatic carbocycles. The van der Waals surface area contributed by atoms with Crippen LogP contribution in [-0.4, -0.2) is 37.9 Å². The first-order chi connectivity index (χ1) is 12.8. The number of thiocarbonyl (C=S) groups is 1. The number of nitro benzene ring substituents is 1. The summed E-state index contributed by atoms with van der Waals surface area (Å²) in [6, 6.07) is 4.57. The zero-order chi connectivity index (χ0) is 19.7. The molecule has 5 amide bonds. The molecule has 2 N–H and O–H groups in total. The van der Waals surface area contributed by atoms with Gasteiger partial charge in [0.1, 0.15) is 5.57 Å². The number of barbiturate groups is 1. The zero-order valence-corrected chi connectivity index (χ0v) is 14.8. The van der Waals surface area contributed by atoms with Crippen molar-refractivity contribution < 1.29 is 24.1 Å². The molecule has 1 aromatic rings. The quantitative estimate of drug-likeness (QED) is 0.251. The Labute approximate surface area is 160 Å². The second-order valence-electron chi connectivity index (χ2n) is 5.18. The minimum Gasteiger partial charge on any atom is -0.273 e. The summed E-state index contributed by atoms with van der Waals surface area (Å²) in [4.78, 5) is 58.4. The van der Waals surface area contributed by atoms with E-state index in [1.807, 2.05) is 10.6 Å². The first-order valence-electron chi connectivity index (χ1n) is 7.16. The average molecular weight is 404 g/mol. The Balaban J connectivity index is 1.85. The molecule has 0 atom stereocenters. The number of thioether (sulfide) groups is 1. The summed E-state index contributed by atoms with van der Waals surface area (Å²) in [5, 5.41) is 14.5. The maximum Gasteiger partial charge on any atom is 0.328 e. The minimum atomic E-state index is -0.953. The van der Waals surface area contributed by atoms with Gasteiger partial charge in [0.15, 0.2) is 4.32 Å². The molecule has 2 fully saturated rings. The largest absolute Gasteiger partial charge is 0.328 e. The van der Waals surface area contributed by atoms with Crippen molar-refractivity contribution in [3.8, 4) is 0 Å². The fraction of sp³-hybridized carbons (Fsp3) is 0. The Morgan fingerprint density at radius 1 is 1.07 bits per heavy atom. The average Bonchev–Trinajstić information content (AvgIpc) is 2.85. The molecule has 2 saturated heterocycles. The van der Waals surface area contributed by atoms with Gasteiger partial charge in [-0.1, -0.05) is 24.0 Å². The zero-order valence-electron chi connectivity index (χ0n) is 13.1. The van der Waals surface area contributed by atoms with Gasteiger partial charge >= 0.3 is 6.03 Å². The van der Waals surface area contributed by atoms with Crippen molar-refractivity contribution in [2.24, 2.45) is 0 Å². The molecule has 2 aliphatic rings. The van der Waals surface area contributed by atoms with Crippen molar-refractivity contribution in [3.05, 3.63) is 56.6 Å². The molecule has 12 heteroatoms. The van der Waals surface area contributed by atoms with Crippen LogP contribution >= 0.6 is 24.0 Å². The molecule has 0 bridgehead atoms. The lowest BCUT2D eigenvalue weighted by Crippen LogP contribution is -2.52. The van der Waals surface area contributed by atoms with Crippen molar-refractivity contribution in [1.82, 2.24) is 15.5 Å². The number of nitrogens with one attached hydrogen (secondary N) is 2. The Morgan fingerprint density at radius 3 is 2.22 bits per heavy atom. The first kappa shape index (κ1) is 18.4. The Hall–Kier alpha value is -3.38. The van der Waals surface area contributed by atoms with Gasteiger partial charge in [-0.3, -0.25) is 40.0 Å². The normalized spacial score (nSPS) is 18.7. The molecule has 3 rings (SSSR count). The molecule has 27 heavy (non-hydrogen) atoms. The maximum atomic E-state index is 12.5. The van der Waals surface area contributed by atoms with Crippen molar-refractivity contribution in [1.29, 1.82) is 0 Å². The standard InChI is InChI=1S/C15H8N4O6S2/c20-11-9(12(21)17-14(23)16-11)6-18-13(22)10(27-15(18)26)5-7-1-3-8(4-2-7)19(24)25/h1-6H,(H2,16,17,20,21,23)/b10-5-. The van der Waals surface area contributed by atoms with Crippen LogP contribution in [-0.2, 0) is 14.4 Å². The summed E-state index contributed by atoms with van der Waals surface area (Å²) >= 11 is 6.04. The van der Waals surface area contributed by atoms with Gasteiger partial charge in [0.05, 0.1) is 9.83 Å². The van der Waals surface area contributed by atoms with E-state index in [1.165, 1.54) is 30.3 Å². The van der Waals surface area contributed by atoms with Crippen LogP contribution in [0.1, 0.15) is 5.56 Å². The lowest BCUT2D eigenvalue weighted by Gasteiger charge is -2.16. The van der Waals surface area contributed by atoms with E-state index in [4.69, 9.17) is 12.2 Å². The van der Waals surface area contributed by atoms with Gasteiger partial charge in [0.25, 0.3) is 23.4 Å². The monoisotopic (exact) mass is 404 g/mol. The summed E-state index contributed by atoms with van der Waals surface area (Å²) in [6.45, 7) is 0. The van der Waals surface area contributed by atoms with Crippen LogP contribution in [0.5, 0.6) is 0 Å². The number of hydrogen-bond acceptors (Lipinski definition) is 8. The van der Waals surface area contributed by atoms with Crippen molar-refractivity contribution >= 4 is 63.8 Å². The van der Waals surface area contributed by atoms with E-state index in [2.05, 4.69) is 0 Å². The third-order valence-corrected chi connectivity index (χ3v) is 4.76. The molecular formula is C15H8N4O6S2. The van der Waals surface area contributed by atoms with E-state index in [0.29, 0.717) is 5.56 Å². The van der Waals surface area contributed by atoms with Crippen LogP contribution in [0.15, 0.2) is 40.9 Å². The SMILES string of the molecule is O=C1NC(=O)C(=CN2C(=O)/C(=C/c3ccc([N+](=O)[O-])cc3)SC2=S)C(=O)N1. The maximum absolute atomic E-state index is 12.5. The van der Waals surface area contributed by atoms with Gasteiger partial charge in [-0.2, -0.15) is 0 Å². The van der Waals surface area contributed by atoms with Crippen LogP contribution in [0, 0.1) is 10.1 Å². The van der Waals surface area contributed by atoms with E-state index in [0.717, 1.165) is 22.9 Å². The molecule has 136 valence electrons. The Morgan fingerprint density at radius 2 is 1.67 bits per heavy atom. The fourth-order valence-electron chi connectivity index (χ4n) is 2.16. The van der Waals surface area contributed by atoms with Crippen molar-refractivity contribution in [3.63, 3.8) is 0 Å². The second kappa shape index (κ2) is 7.09. The number of carbonyl (C=O) groups excluding carboxylic acids is 4. The van der Waals surface area contributed by atoms with Gasteiger partial charge in [0.2, 0.25) is 0 Å². The number of benzene rings is 1. The molecule has 0 aromatic heterocycles. The molecule has 1 aromatic carbocycles. The van der Waals surface area contributed by atoms with Gasteiger partial charge in [-0.15, -0.1) is 0 Å². The van der Waals surface area contributed by atoms with E-state index < -0.39 is 34.2 Å². The van der Waals surface area contributed by atoms with E-state index in [1.54, 1.807) is 0 Å². The third kappa shape index (κ3) is 3.75. The number of non-ortho nitro benzene ring substituents is 1. The number of carbonyl (C=O) groups is 4. The first-order valence-corrected chi connectivity index (χ1v) is 8.39. The molecule has 0 unspecified atom stereocenters. The van der Waals surface area contributed by atoms with E-state index >= 15 is 0 Å². The lowest BCUT2D eigenvalue weighted by molar-refractivity contribution is -0.384. The number of nitro groups is 1. The molecule has 0 radical (unpaired) electrons. The molecular weight excluding hydrogens is 396 g/mol. The fourth-order valence-corrected chi connectivity index (χ4v) is 3.36. The number of imide groups is 2. The predicted molar refractivity (Wildman–Crippen MR) is 97.9 cm³/mol. The Kier molecular flexibility index (Phi) is 4.83.